The van der Waals surface area contributed by atoms with E-state index in [9.17, 15) is 9.59 Å². The Bertz CT molecular complexity index is 821. The molecule has 6 atom stereocenters. The molecular weight excluding hydrogens is 412 g/mol. The van der Waals surface area contributed by atoms with Gasteiger partial charge in [-0.3, -0.25) is 9.59 Å². The van der Waals surface area contributed by atoms with Gasteiger partial charge in [-0.25, -0.2) is 0 Å². The van der Waals surface area contributed by atoms with E-state index in [0.29, 0.717) is 0 Å². The van der Waals surface area contributed by atoms with E-state index in [0.717, 1.165) is 57.8 Å². The summed E-state index contributed by atoms with van der Waals surface area (Å²) in [7, 11) is 0. The Balaban J connectivity index is 1.51. The number of fused-ring (bicyclic) bond motifs is 2. The highest BCUT2D eigenvalue weighted by Crippen LogP contribution is 2.54. The minimum atomic E-state index is -0.592. The highest BCUT2D eigenvalue weighted by Gasteiger charge is 2.57. The maximum absolute atomic E-state index is 13.6. The molecule has 0 aliphatic heterocycles. The van der Waals surface area contributed by atoms with E-state index in [-0.39, 0.29) is 35.6 Å². The van der Waals surface area contributed by atoms with Crippen LogP contribution in [0.5, 0.6) is 0 Å². The smallest absolute Gasteiger partial charge is 0.310 e. The topological polar surface area (TPSA) is 52.6 Å². The summed E-state index contributed by atoms with van der Waals surface area (Å²) in [5.41, 5.74) is 1.41. The predicted molar refractivity (Wildman–Crippen MR) is 130 cm³/mol. The average molecular weight is 453 g/mol. The number of ether oxygens (including phenoxy) is 2. The summed E-state index contributed by atoms with van der Waals surface area (Å²) in [5.74, 6) is -0.709. The van der Waals surface area contributed by atoms with Crippen molar-refractivity contribution in [1.29, 1.82) is 0 Å². The van der Waals surface area contributed by atoms with Gasteiger partial charge in [0, 0.05) is 12.8 Å². The van der Waals surface area contributed by atoms with Gasteiger partial charge in [0.15, 0.2) is 0 Å². The van der Waals surface area contributed by atoms with Gasteiger partial charge in [0.1, 0.15) is 11.2 Å². The van der Waals surface area contributed by atoms with Gasteiger partial charge in [0.2, 0.25) is 0 Å². The summed E-state index contributed by atoms with van der Waals surface area (Å²) < 4.78 is 12.5. The lowest BCUT2D eigenvalue weighted by molar-refractivity contribution is -0.176. The number of hydrogen-bond acceptors (Lipinski definition) is 4. The second-order valence-electron chi connectivity index (χ2n) is 10.5. The van der Waals surface area contributed by atoms with E-state index in [1.807, 2.05) is 24.3 Å². The zero-order valence-electron chi connectivity index (χ0n) is 20.8. The average Bonchev–Trinajstić information content (AvgIpc) is 3.46. The quantitative estimate of drug-likeness (QED) is 0.388. The van der Waals surface area contributed by atoms with Crippen molar-refractivity contribution >= 4 is 11.9 Å². The van der Waals surface area contributed by atoms with Crippen LogP contribution in [0.25, 0.3) is 0 Å². The maximum Gasteiger partial charge on any atom is 0.310 e. The van der Waals surface area contributed by atoms with Crippen molar-refractivity contribution in [2.24, 2.45) is 23.7 Å². The van der Waals surface area contributed by atoms with Crippen molar-refractivity contribution in [2.75, 3.05) is 0 Å². The Morgan fingerprint density at radius 3 is 1.58 bits per heavy atom. The van der Waals surface area contributed by atoms with E-state index >= 15 is 0 Å². The minimum absolute atomic E-state index is 0.202. The van der Waals surface area contributed by atoms with Gasteiger partial charge in [-0.2, -0.15) is 0 Å². The van der Waals surface area contributed by atoms with E-state index in [4.69, 9.17) is 9.47 Å². The molecule has 180 valence electrons. The first-order valence-corrected chi connectivity index (χ1v) is 13.1. The molecule has 0 amide bonds. The van der Waals surface area contributed by atoms with Gasteiger partial charge in [-0.15, -0.1) is 0 Å². The second-order valence-corrected chi connectivity index (χ2v) is 10.5. The molecule has 6 unspecified atom stereocenters. The van der Waals surface area contributed by atoms with Crippen LogP contribution < -0.4 is 0 Å². The van der Waals surface area contributed by atoms with Crippen LogP contribution in [-0.4, -0.2) is 23.1 Å². The lowest BCUT2D eigenvalue weighted by Gasteiger charge is -2.38. The van der Waals surface area contributed by atoms with Crippen LogP contribution in [0, 0.1) is 23.7 Å². The normalized spacial score (nSPS) is 37.0. The predicted octanol–water partition coefficient (Wildman–Crippen LogP) is 6.63. The van der Waals surface area contributed by atoms with Crippen LogP contribution in [0.15, 0.2) is 47.6 Å². The Kier molecular flexibility index (Phi) is 7.02. The summed E-state index contributed by atoms with van der Waals surface area (Å²) >= 11 is 0. The molecule has 0 radical (unpaired) electrons. The Hall–Kier alpha value is -2.10. The van der Waals surface area contributed by atoms with Crippen LogP contribution in [0.3, 0.4) is 0 Å². The third-order valence-electron chi connectivity index (χ3n) is 8.69. The highest BCUT2D eigenvalue weighted by atomic mass is 16.6. The van der Waals surface area contributed by atoms with Gasteiger partial charge in [-0.1, -0.05) is 63.1 Å². The van der Waals surface area contributed by atoms with Gasteiger partial charge < -0.3 is 9.47 Å². The maximum atomic E-state index is 13.6. The molecule has 0 heterocycles. The van der Waals surface area contributed by atoms with Crippen molar-refractivity contribution in [1.82, 2.24) is 0 Å². The second kappa shape index (κ2) is 9.64. The zero-order chi connectivity index (χ0) is 23.6. The number of rotatable bonds is 8. The van der Waals surface area contributed by atoms with Gasteiger partial charge in [0.05, 0.1) is 11.8 Å². The van der Waals surface area contributed by atoms with E-state index < -0.39 is 11.2 Å². The number of carbonyl (C=O) groups is 2. The molecule has 4 aliphatic rings. The van der Waals surface area contributed by atoms with E-state index in [1.165, 1.54) is 11.1 Å². The summed E-state index contributed by atoms with van der Waals surface area (Å²) in [6.45, 7) is 8.42. The Morgan fingerprint density at radius 1 is 0.788 bits per heavy atom. The molecule has 4 rings (SSSR count). The largest absolute Gasteiger partial charge is 0.454 e. The fourth-order valence-electron chi connectivity index (χ4n) is 6.49. The first-order chi connectivity index (χ1) is 15.9. The van der Waals surface area contributed by atoms with Crippen LogP contribution >= 0.6 is 0 Å². The molecule has 4 aliphatic carbocycles. The summed E-state index contributed by atoms with van der Waals surface area (Å²) in [6.07, 6.45) is 20.2. The molecule has 33 heavy (non-hydrogen) atoms. The van der Waals surface area contributed by atoms with Crippen molar-refractivity contribution in [3.63, 3.8) is 0 Å². The number of allylic oxidation sites excluding steroid dienone is 4. The van der Waals surface area contributed by atoms with Crippen LogP contribution in [0.4, 0.5) is 0 Å². The molecule has 0 N–H and O–H groups in total. The number of carbonyl (C=O) groups excluding carboxylic acids is 2. The lowest BCUT2D eigenvalue weighted by Crippen LogP contribution is -2.44. The standard InChI is InChI=1S/C29H40O4/c1-5-20-11-9-15-28(7-3,18-20)32-26(30)24-22-13-14-23(17-22)25(24)27(31)33-29(8-4)16-10-12-21(6-2)19-29/h9-12,15-16,22-25H,5-8,13-14,17-19H2,1-4H3. The Morgan fingerprint density at radius 2 is 1.21 bits per heavy atom. The third kappa shape index (κ3) is 4.63. The van der Waals surface area contributed by atoms with Crippen molar-refractivity contribution in [3.8, 4) is 0 Å². The first kappa shape index (κ1) is 24.0. The van der Waals surface area contributed by atoms with Crippen molar-refractivity contribution in [3.05, 3.63) is 47.6 Å². The van der Waals surface area contributed by atoms with Gasteiger partial charge in [-0.05, 0) is 68.9 Å². The molecule has 0 spiro atoms. The fourth-order valence-corrected chi connectivity index (χ4v) is 6.49. The number of esters is 2. The molecule has 0 aromatic carbocycles. The minimum Gasteiger partial charge on any atom is -0.454 e. The number of hydrogen-bond donors (Lipinski definition) is 0. The molecule has 0 saturated heterocycles. The third-order valence-corrected chi connectivity index (χ3v) is 8.69. The molecule has 2 fully saturated rings. The zero-order valence-corrected chi connectivity index (χ0v) is 20.8. The lowest BCUT2D eigenvalue weighted by atomic mass is 9.78. The monoisotopic (exact) mass is 452 g/mol. The summed E-state index contributed by atoms with van der Waals surface area (Å²) in [5, 5.41) is 0. The molecule has 0 aromatic rings. The fraction of sp³-hybridized carbons (Fsp3) is 0.655. The van der Waals surface area contributed by atoms with Gasteiger partial charge in [0.25, 0.3) is 0 Å². The summed E-state index contributed by atoms with van der Waals surface area (Å²) in [4.78, 5) is 27.2. The van der Waals surface area contributed by atoms with Gasteiger partial charge >= 0.3 is 11.9 Å². The highest BCUT2D eigenvalue weighted by molar-refractivity contribution is 5.84. The molecule has 0 aromatic heterocycles. The molecule has 2 bridgehead atoms. The molecule has 4 nitrogen and oxygen atoms in total. The van der Waals surface area contributed by atoms with Crippen molar-refractivity contribution < 1.29 is 19.1 Å². The molecular formula is C29H40O4. The van der Waals surface area contributed by atoms with Crippen LogP contribution in [0.1, 0.15) is 85.5 Å². The SMILES string of the molecule is CCC1=CC=CC(CC)(OC(=O)C2C3CCC(C3)C2C(=O)OC2(CC)C=CC=C(CC)C2)C1. The molecule has 2 saturated carbocycles. The van der Waals surface area contributed by atoms with Crippen molar-refractivity contribution in [2.45, 2.75) is 96.7 Å². The van der Waals surface area contributed by atoms with E-state index in [1.54, 1.807) is 0 Å². The Labute approximate surface area is 199 Å². The van der Waals surface area contributed by atoms with E-state index in [2.05, 4.69) is 39.8 Å². The molecule has 4 heteroatoms. The van der Waals surface area contributed by atoms with Crippen LogP contribution in [-0.2, 0) is 19.1 Å². The summed E-state index contributed by atoms with van der Waals surface area (Å²) in [6, 6.07) is 0. The first-order valence-electron chi connectivity index (χ1n) is 13.1. The van der Waals surface area contributed by atoms with Crippen LogP contribution in [0.2, 0.25) is 0 Å².